The van der Waals surface area contributed by atoms with Crippen LogP contribution in [0.1, 0.15) is 10.4 Å². The Kier molecular flexibility index (Phi) is 4.08. The number of anilines is 1. The molecule has 0 aliphatic heterocycles. The first kappa shape index (κ1) is 15.3. The number of benzene rings is 1. The Bertz CT molecular complexity index is 894. The second kappa shape index (κ2) is 5.87. The third kappa shape index (κ3) is 2.69. The van der Waals surface area contributed by atoms with Crippen molar-refractivity contribution in [1.29, 1.82) is 0 Å². The molecule has 0 saturated heterocycles. The van der Waals surface area contributed by atoms with E-state index in [4.69, 9.17) is 23.2 Å². The van der Waals surface area contributed by atoms with Gasteiger partial charge in [0.2, 0.25) is 0 Å². The van der Waals surface area contributed by atoms with E-state index in [1.54, 1.807) is 36.1 Å². The number of carbonyl (C=O) groups excluding carboxylic acids is 1. The quantitative estimate of drug-likeness (QED) is 0.654. The lowest BCUT2D eigenvalue weighted by Gasteiger charge is -2.10. The Morgan fingerprint density at radius 3 is 2.82 bits per heavy atom. The highest BCUT2D eigenvalue weighted by Crippen LogP contribution is 2.33. The summed E-state index contributed by atoms with van der Waals surface area (Å²) >= 11 is 15.5. The number of nitrogens with one attached hydrogen (secondary N) is 1. The van der Waals surface area contributed by atoms with E-state index in [1.165, 1.54) is 0 Å². The van der Waals surface area contributed by atoms with Gasteiger partial charge in [-0.2, -0.15) is 0 Å². The average Bonchev–Trinajstić information content (AvgIpc) is 2.86. The average molecular weight is 400 g/mol. The van der Waals surface area contributed by atoms with Crippen LogP contribution in [0, 0.1) is 0 Å². The van der Waals surface area contributed by atoms with Crippen molar-refractivity contribution in [2.24, 2.45) is 7.05 Å². The van der Waals surface area contributed by atoms with Crippen LogP contribution in [0.3, 0.4) is 0 Å². The number of amides is 1. The van der Waals surface area contributed by atoms with Crippen LogP contribution in [0.15, 0.2) is 35.1 Å². The maximum Gasteiger partial charge on any atom is 0.255 e. The zero-order valence-electron chi connectivity index (χ0n) is 11.3. The highest BCUT2D eigenvalue weighted by molar-refractivity contribution is 9.10. The maximum absolute atomic E-state index is 12.4. The third-order valence-electron chi connectivity index (χ3n) is 3.10. The molecule has 3 rings (SSSR count). The molecule has 5 nitrogen and oxygen atoms in total. The molecule has 3 aromatic rings. The smallest absolute Gasteiger partial charge is 0.255 e. The van der Waals surface area contributed by atoms with Gasteiger partial charge in [0.05, 0.1) is 11.8 Å². The van der Waals surface area contributed by atoms with Gasteiger partial charge in [0.15, 0.2) is 10.3 Å². The largest absolute Gasteiger partial charge is 0.332 e. The van der Waals surface area contributed by atoms with Gasteiger partial charge in [-0.25, -0.2) is 9.97 Å². The summed E-state index contributed by atoms with van der Waals surface area (Å²) in [5.41, 5.74) is 1.98. The number of halogens is 3. The van der Waals surface area contributed by atoms with Gasteiger partial charge in [-0.15, -0.1) is 0 Å². The standard InChI is InChI=1S/C14H9BrCl2N4O/c1-21-6-18-9-11(21)10(13(17)20-12(9)16)19-14(22)7-3-2-4-8(15)5-7/h2-6H,1H3,(H,19,22). The molecule has 2 aromatic heterocycles. The highest BCUT2D eigenvalue weighted by atomic mass is 79.9. The van der Waals surface area contributed by atoms with Crippen LogP contribution in [-0.2, 0) is 7.05 Å². The van der Waals surface area contributed by atoms with E-state index in [0.717, 1.165) is 4.47 Å². The van der Waals surface area contributed by atoms with Gasteiger partial charge in [0.25, 0.3) is 5.91 Å². The van der Waals surface area contributed by atoms with Gasteiger partial charge >= 0.3 is 0 Å². The molecule has 0 unspecified atom stereocenters. The summed E-state index contributed by atoms with van der Waals surface area (Å²) in [4.78, 5) is 20.6. The fourth-order valence-corrected chi connectivity index (χ4v) is 2.98. The van der Waals surface area contributed by atoms with Crippen molar-refractivity contribution in [3.63, 3.8) is 0 Å². The third-order valence-corrected chi connectivity index (χ3v) is 4.13. The molecule has 0 bridgehead atoms. The number of pyridine rings is 1. The summed E-state index contributed by atoms with van der Waals surface area (Å²) in [7, 11) is 1.79. The molecule has 1 amide bonds. The van der Waals surface area contributed by atoms with Crippen LogP contribution >= 0.6 is 39.1 Å². The zero-order valence-corrected chi connectivity index (χ0v) is 14.4. The van der Waals surface area contributed by atoms with E-state index in [9.17, 15) is 4.79 Å². The molecule has 0 aliphatic carbocycles. The number of fused-ring (bicyclic) bond motifs is 1. The van der Waals surface area contributed by atoms with Gasteiger partial charge in [0, 0.05) is 17.1 Å². The number of rotatable bonds is 2. The molecule has 0 spiro atoms. The van der Waals surface area contributed by atoms with Crippen molar-refractivity contribution in [1.82, 2.24) is 14.5 Å². The molecule has 1 N–H and O–H groups in total. The van der Waals surface area contributed by atoms with Crippen LogP contribution in [0.2, 0.25) is 10.3 Å². The van der Waals surface area contributed by atoms with Crippen LogP contribution in [-0.4, -0.2) is 20.4 Å². The number of hydrogen-bond donors (Lipinski definition) is 1. The predicted molar refractivity (Wildman–Crippen MR) is 90.6 cm³/mol. The predicted octanol–water partition coefficient (Wildman–Crippen LogP) is 4.29. The van der Waals surface area contributed by atoms with E-state index in [2.05, 4.69) is 31.2 Å². The second-order valence-corrected chi connectivity index (χ2v) is 6.22. The molecule has 112 valence electrons. The summed E-state index contributed by atoms with van der Waals surface area (Å²) in [5.74, 6) is -0.296. The number of nitrogens with zero attached hydrogens (tertiary/aromatic N) is 3. The van der Waals surface area contributed by atoms with E-state index in [0.29, 0.717) is 22.3 Å². The van der Waals surface area contributed by atoms with Gasteiger partial charge in [-0.3, -0.25) is 4.79 Å². The van der Waals surface area contributed by atoms with Crippen LogP contribution in [0.25, 0.3) is 11.0 Å². The highest BCUT2D eigenvalue weighted by Gasteiger charge is 2.18. The number of aromatic nitrogens is 3. The van der Waals surface area contributed by atoms with Crippen LogP contribution < -0.4 is 5.32 Å². The van der Waals surface area contributed by atoms with Gasteiger partial charge in [-0.1, -0.05) is 45.2 Å². The summed E-state index contributed by atoms with van der Waals surface area (Å²) in [6, 6.07) is 7.04. The van der Waals surface area contributed by atoms with Crippen molar-refractivity contribution < 1.29 is 4.79 Å². The van der Waals surface area contributed by atoms with E-state index in [1.807, 2.05) is 6.07 Å². The molecular formula is C14H9BrCl2N4O. The minimum atomic E-state index is -0.296. The van der Waals surface area contributed by atoms with Crippen LogP contribution in [0.4, 0.5) is 5.69 Å². The molecular weight excluding hydrogens is 391 g/mol. The molecule has 0 radical (unpaired) electrons. The van der Waals surface area contributed by atoms with Crippen molar-refractivity contribution >= 4 is 61.8 Å². The number of imidazole rings is 1. The minimum absolute atomic E-state index is 0.115. The molecule has 8 heteroatoms. The second-order valence-electron chi connectivity index (χ2n) is 4.59. The van der Waals surface area contributed by atoms with Gasteiger partial charge in [-0.05, 0) is 18.2 Å². The Labute approximate surface area is 144 Å². The van der Waals surface area contributed by atoms with Gasteiger partial charge < -0.3 is 9.88 Å². The van der Waals surface area contributed by atoms with Crippen molar-refractivity contribution in [3.05, 3.63) is 50.9 Å². The Morgan fingerprint density at radius 2 is 2.09 bits per heavy atom. The first-order chi connectivity index (χ1) is 10.5. The van der Waals surface area contributed by atoms with Crippen molar-refractivity contribution in [2.45, 2.75) is 0 Å². The molecule has 0 atom stereocenters. The SMILES string of the molecule is Cn1cnc2c(Cl)nc(Cl)c(NC(=O)c3cccc(Br)c3)c21. The lowest BCUT2D eigenvalue weighted by Crippen LogP contribution is -2.13. The summed E-state index contributed by atoms with van der Waals surface area (Å²) < 4.78 is 2.54. The Morgan fingerprint density at radius 1 is 1.32 bits per heavy atom. The van der Waals surface area contributed by atoms with Crippen molar-refractivity contribution in [2.75, 3.05) is 5.32 Å². The molecule has 0 fully saturated rings. The number of aryl methyl sites for hydroxylation is 1. The molecule has 0 saturated carbocycles. The maximum atomic E-state index is 12.4. The summed E-state index contributed by atoms with van der Waals surface area (Å²) in [6.45, 7) is 0. The molecule has 0 aliphatic rings. The summed E-state index contributed by atoms with van der Waals surface area (Å²) in [5, 5.41) is 3.09. The molecule has 1 aromatic carbocycles. The van der Waals surface area contributed by atoms with E-state index in [-0.39, 0.29) is 16.2 Å². The lowest BCUT2D eigenvalue weighted by atomic mass is 10.2. The molecule has 22 heavy (non-hydrogen) atoms. The lowest BCUT2D eigenvalue weighted by molar-refractivity contribution is 0.102. The van der Waals surface area contributed by atoms with E-state index < -0.39 is 0 Å². The zero-order chi connectivity index (χ0) is 15.9. The van der Waals surface area contributed by atoms with E-state index >= 15 is 0 Å². The molecule has 2 heterocycles. The van der Waals surface area contributed by atoms with Crippen LogP contribution in [0.5, 0.6) is 0 Å². The topological polar surface area (TPSA) is 59.8 Å². The number of carbonyl (C=O) groups is 1. The minimum Gasteiger partial charge on any atom is -0.332 e. The Hall–Kier alpha value is -1.63. The first-order valence-corrected chi connectivity index (χ1v) is 7.75. The summed E-state index contributed by atoms with van der Waals surface area (Å²) in [6.07, 6.45) is 1.59. The normalized spacial score (nSPS) is 10.9. The van der Waals surface area contributed by atoms with Gasteiger partial charge in [0.1, 0.15) is 11.2 Å². The Balaban J connectivity index is 2.07. The number of hydrogen-bond acceptors (Lipinski definition) is 3. The fraction of sp³-hybridized carbons (Fsp3) is 0.0714. The van der Waals surface area contributed by atoms with Crippen molar-refractivity contribution in [3.8, 4) is 0 Å². The monoisotopic (exact) mass is 398 g/mol. The first-order valence-electron chi connectivity index (χ1n) is 6.20. The fourth-order valence-electron chi connectivity index (χ4n) is 2.09.